The van der Waals surface area contributed by atoms with Gasteiger partial charge >= 0.3 is 6.03 Å². The van der Waals surface area contributed by atoms with Gasteiger partial charge < -0.3 is 15.1 Å². The fraction of sp³-hybridized carbons (Fsp3) is 0.524. The second-order valence-corrected chi connectivity index (χ2v) is 10.8. The van der Waals surface area contributed by atoms with Crippen LogP contribution in [0.3, 0.4) is 0 Å². The summed E-state index contributed by atoms with van der Waals surface area (Å²) in [7, 11) is -3.85. The van der Waals surface area contributed by atoms with Crippen LogP contribution in [0.1, 0.15) is 37.4 Å². The smallest absolute Gasteiger partial charge is 0.328 e. The van der Waals surface area contributed by atoms with Crippen molar-refractivity contribution in [1.29, 1.82) is 0 Å². The van der Waals surface area contributed by atoms with Crippen LogP contribution in [0.5, 0.6) is 0 Å². The lowest BCUT2D eigenvalue weighted by molar-refractivity contribution is -0.131. The third kappa shape index (κ3) is 4.66. The maximum atomic E-state index is 12.6. The highest BCUT2D eigenvalue weighted by Gasteiger charge is 2.44. The van der Waals surface area contributed by atoms with E-state index >= 15 is 0 Å². The van der Waals surface area contributed by atoms with Gasteiger partial charge in [-0.1, -0.05) is 11.8 Å². The van der Waals surface area contributed by atoms with E-state index < -0.39 is 32.7 Å². The number of hydroxylamine groups is 1. The topological polar surface area (TPSA) is 149 Å². The molecule has 0 spiro atoms. The van der Waals surface area contributed by atoms with Gasteiger partial charge in [-0.25, -0.2) is 18.7 Å². The van der Waals surface area contributed by atoms with Crippen molar-refractivity contribution in [2.24, 2.45) is 5.92 Å². The summed E-state index contributed by atoms with van der Waals surface area (Å²) in [6.45, 7) is 1.43. The van der Waals surface area contributed by atoms with E-state index in [9.17, 15) is 28.2 Å². The number of aliphatic hydroxyl groups is 2. The number of rotatable bonds is 5. The number of carbonyl (C=O) groups is 2. The quantitative estimate of drug-likeness (QED) is 0.260. The zero-order valence-electron chi connectivity index (χ0n) is 17.7. The summed E-state index contributed by atoms with van der Waals surface area (Å²) in [6.07, 6.45) is 1.62. The first-order chi connectivity index (χ1) is 15.0. The van der Waals surface area contributed by atoms with Gasteiger partial charge in [-0.3, -0.25) is 14.6 Å². The molecule has 32 heavy (non-hydrogen) atoms. The van der Waals surface area contributed by atoms with Crippen LogP contribution in [0.4, 0.5) is 4.79 Å². The summed E-state index contributed by atoms with van der Waals surface area (Å²) in [4.78, 5) is 26.0. The minimum Gasteiger partial charge on any atom is -0.390 e. The van der Waals surface area contributed by atoms with Crippen molar-refractivity contribution in [1.82, 2.24) is 14.9 Å². The summed E-state index contributed by atoms with van der Waals surface area (Å²) < 4.78 is 23.7. The molecule has 10 nitrogen and oxygen atoms in total. The third-order valence-electron chi connectivity index (χ3n) is 6.03. The largest absolute Gasteiger partial charge is 0.390 e. The number of carbonyl (C=O) groups excluding carboxylic acids is 2. The molecule has 4 N–H and O–H groups in total. The van der Waals surface area contributed by atoms with E-state index in [0.29, 0.717) is 24.1 Å². The molecule has 1 aliphatic carbocycles. The van der Waals surface area contributed by atoms with E-state index in [0.717, 1.165) is 6.26 Å². The van der Waals surface area contributed by atoms with Crippen LogP contribution in [0, 0.1) is 29.6 Å². The first-order valence-corrected chi connectivity index (χ1v) is 11.9. The van der Waals surface area contributed by atoms with Gasteiger partial charge in [0.25, 0.3) is 5.91 Å². The van der Waals surface area contributed by atoms with Gasteiger partial charge in [0, 0.05) is 36.2 Å². The van der Waals surface area contributed by atoms with E-state index in [1.165, 1.54) is 21.9 Å². The molecule has 2 amide bonds. The van der Waals surface area contributed by atoms with E-state index in [1.807, 2.05) is 0 Å². The van der Waals surface area contributed by atoms with Gasteiger partial charge in [0.15, 0.2) is 14.6 Å². The van der Waals surface area contributed by atoms with Crippen molar-refractivity contribution in [3.05, 3.63) is 23.5 Å². The van der Waals surface area contributed by atoms with Crippen molar-refractivity contribution < 1.29 is 33.4 Å². The van der Waals surface area contributed by atoms with Crippen LogP contribution < -0.4 is 5.48 Å². The Bertz CT molecular complexity index is 1140. The predicted molar refractivity (Wildman–Crippen MR) is 113 cm³/mol. The Morgan fingerprint density at radius 1 is 1.28 bits per heavy atom. The average molecular weight is 464 g/mol. The first-order valence-electron chi connectivity index (χ1n) is 9.98. The Balaban J connectivity index is 1.63. The Morgan fingerprint density at radius 3 is 2.50 bits per heavy atom. The standard InChI is InChI=1S/C21H25N3O7S/c1-21(19(27)22-29,32(2,30)31)7-8-23-13-16-9-15(12-24(16)20(23)28)6-4-3-5-14-10-17(25)18(26)11-14/h9,12,14,17-18,25-26,29H,7-8,10-11,13H2,1-2H3,(H,22,27)/t14?,17-,18+,21-/m1/s1. The average Bonchev–Trinajstić information content (AvgIpc) is 3.36. The molecule has 0 bridgehead atoms. The Hall–Kier alpha value is -2.83. The highest BCUT2D eigenvalue weighted by molar-refractivity contribution is 7.92. The highest BCUT2D eigenvalue weighted by Crippen LogP contribution is 2.26. The Labute approximate surface area is 186 Å². The lowest BCUT2D eigenvalue weighted by Gasteiger charge is -2.27. The van der Waals surface area contributed by atoms with Crippen LogP contribution in [0.2, 0.25) is 0 Å². The van der Waals surface area contributed by atoms with Crippen molar-refractivity contribution in [3.8, 4) is 23.7 Å². The molecule has 1 aromatic heterocycles. The van der Waals surface area contributed by atoms with Crippen molar-refractivity contribution in [2.75, 3.05) is 12.8 Å². The summed E-state index contributed by atoms with van der Waals surface area (Å²) in [5, 5.41) is 27.9. The predicted octanol–water partition coefficient (Wildman–Crippen LogP) is -0.543. The molecule has 0 aromatic carbocycles. The highest BCUT2D eigenvalue weighted by atomic mass is 32.2. The molecular formula is C21H25N3O7S. The summed E-state index contributed by atoms with van der Waals surface area (Å²) in [5.41, 5.74) is 2.65. The lowest BCUT2D eigenvalue weighted by atomic mass is 10.1. The Morgan fingerprint density at radius 2 is 1.94 bits per heavy atom. The fourth-order valence-corrected chi connectivity index (χ4v) is 4.60. The van der Waals surface area contributed by atoms with Gasteiger partial charge in [-0.05, 0) is 44.1 Å². The molecule has 1 fully saturated rings. The van der Waals surface area contributed by atoms with Crippen LogP contribution in [0.15, 0.2) is 12.3 Å². The first kappa shape index (κ1) is 23.8. The van der Waals surface area contributed by atoms with Gasteiger partial charge in [0.2, 0.25) is 0 Å². The molecule has 3 rings (SSSR count). The van der Waals surface area contributed by atoms with E-state index in [2.05, 4.69) is 23.7 Å². The minimum atomic E-state index is -3.85. The molecule has 1 aromatic rings. The number of nitrogens with one attached hydrogen (secondary N) is 1. The lowest BCUT2D eigenvalue weighted by Crippen LogP contribution is -2.50. The van der Waals surface area contributed by atoms with Crippen molar-refractivity contribution in [2.45, 2.75) is 49.7 Å². The third-order valence-corrected chi connectivity index (χ3v) is 8.06. The maximum absolute atomic E-state index is 12.6. The number of aromatic nitrogens is 1. The maximum Gasteiger partial charge on any atom is 0.328 e. The molecule has 0 radical (unpaired) electrons. The number of fused-ring (bicyclic) bond motifs is 1. The van der Waals surface area contributed by atoms with E-state index in [1.54, 1.807) is 12.3 Å². The van der Waals surface area contributed by atoms with Gasteiger partial charge in [-0.15, -0.1) is 0 Å². The minimum absolute atomic E-state index is 0.00306. The van der Waals surface area contributed by atoms with Crippen LogP contribution in [-0.2, 0) is 21.2 Å². The number of hydrogen-bond donors (Lipinski definition) is 4. The number of hydrogen-bond acceptors (Lipinski definition) is 7. The molecular weight excluding hydrogens is 438 g/mol. The molecule has 1 aliphatic heterocycles. The van der Waals surface area contributed by atoms with E-state index in [4.69, 9.17) is 5.21 Å². The second kappa shape index (κ2) is 8.96. The second-order valence-electron chi connectivity index (χ2n) is 8.31. The molecule has 1 unspecified atom stereocenters. The zero-order chi connectivity index (χ0) is 23.7. The van der Waals surface area contributed by atoms with Crippen LogP contribution >= 0.6 is 0 Å². The number of amides is 2. The van der Waals surface area contributed by atoms with E-state index in [-0.39, 0.29) is 31.5 Å². The van der Waals surface area contributed by atoms with Gasteiger partial charge in [0.05, 0.1) is 18.8 Å². The normalized spacial score (nSPS) is 24.1. The molecule has 172 valence electrons. The molecule has 11 heteroatoms. The zero-order valence-corrected chi connectivity index (χ0v) is 18.5. The van der Waals surface area contributed by atoms with Crippen molar-refractivity contribution in [3.63, 3.8) is 0 Å². The monoisotopic (exact) mass is 463 g/mol. The van der Waals surface area contributed by atoms with Crippen molar-refractivity contribution >= 4 is 21.8 Å². The molecule has 0 saturated heterocycles. The summed E-state index contributed by atoms with van der Waals surface area (Å²) >= 11 is 0. The molecule has 2 aliphatic rings. The van der Waals surface area contributed by atoms with Crippen LogP contribution in [0.25, 0.3) is 0 Å². The molecule has 1 saturated carbocycles. The fourth-order valence-electron chi connectivity index (χ4n) is 3.75. The molecule has 2 heterocycles. The Kier molecular flexibility index (Phi) is 6.67. The van der Waals surface area contributed by atoms with Gasteiger partial charge in [-0.2, -0.15) is 0 Å². The number of sulfone groups is 1. The van der Waals surface area contributed by atoms with Crippen LogP contribution in [-0.4, -0.2) is 75.0 Å². The summed E-state index contributed by atoms with van der Waals surface area (Å²) in [6, 6.07) is 1.36. The molecule has 4 atom stereocenters. The van der Waals surface area contributed by atoms with Gasteiger partial charge in [0.1, 0.15) is 0 Å². The summed E-state index contributed by atoms with van der Waals surface area (Å²) in [5.74, 6) is 10.0. The number of nitrogens with zero attached hydrogens (tertiary/aromatic N) is 2. The number of aliphatic hydroxyl groups excluding tert-OH is 2. The SMILES string of the molecule is C[C@@](CCN1Cc2cc(C#CC#CC3C[C@@H](O)[C@@H](O)C3)cn2C1=O)(C(=O)NO)S(C)(=O)=O.